The molecule has 3 nitrogen and oxygen atoms in total. The monoisotopic (exact) mass is 319 g/mol. The Bertz CT molecular complexity index is 715. The summed E-state index contributed by atoms with van der Waals surface area (Å²) in [7, 11) is 3.27. The van der Waals surface area contributed by atoms with Crippen LogP contribution in [0.4, 0.5) is 0 Å². The number of methoxy groups -OCH3 is 2. The van der Waals surface area contributed by atoms with Gasteiger partial charge in [-0.1, -0.05) is 29.8 Å². The van der Waals surface area contributed by atoms with E-state index in [0.717, 1.165) is 27.5 Å². The molecule has 3 rings (SSSR count). The van der Waals surface area contributed by atoms with Crippen LogP contribution < -0.4 is 9.47 Å². The average Bonchev–Trinajstić information content (AvgIpc) is 2.53. The summed E-state index contributed by atoms with van der Waals surface area (Å²) in [5.74, 6) is 2.09. The minimum Gasteiger partial charge on any atom is -0.493 e. The van der Waals surface area contributed by atoms with E-state index in [4.69, 9.17) is 21.1 Å². The van der Waals surface area contributed by atoms with E-state index in [1.54, 1.807) is 26.0 Å². The highest BCUT2D eigenvalue weighted by molar-refractivity contribution is 7.99. The van der Waals surface area contributed by atoms with Gasteiger partial charge in [-0.3, -0.25) is 4.99 Å². The fraction of sp³-hybridized carbons (Fsp3) is 0.188. The number of nitrogens with zero attached hydrogens (tertiary/aromatic N) is 1. The lowest BCUT2D eigenvalue weighted by molar-refractivity contribution is 0.354. The second kappa shape index (κ2) is 6.00. The summed E-state index contributed by atoms with van der Waals surface area (Å²) >= 11 is 7.99. The summed E-state index contributed by atoms with van der Waals surface area (Å²) in [5.41, 5.74) is 2.86. The number of thioether (sulfide) groups is 1. The van der Waals surface area contributed by atoms with Crippen molar-refractivity contribution in [3.63, 3.8) is 0 Å². The van der Waals surface area contributed by atoms with Crippen LogP contribution in [0.5, 0.6) is 11.5 Å². The molecule has 2 aromatic carbocycles. The summed E-state index contributed by atoms with van der Waals surface area (Å²) in [6.07, 6.45) is 0. The van der Waals surface area contributed by atoms with E-state index in [1.165, 1.54) is 0 Å². The molecule has 1 heterocycles. The van der Waals surface area contributed by atoms with Crippen molar-refractivity contribution in [1.29, 1.82) is 0 Å². The van der Waals surface area contributed by atoms with Crippen molar-refractivity contribution in [3.05, 3.63) is 52.5 Å². The van der Waals surface area contributed by atoms with Crippen LogP contribution in [0.3, 0.4) is 0 Å². The molecule has 1 aliphatic heterocycles. The lowest BCUT2D eigenvalue weighted by Crippen LogP contribution is -2.10. The van der Waals surface area contributed by atoms with Crippen molar-refractivity contribution in [2.45, 2.75) is 4.90 Å². The molecule has 0 aromatic heterocycles. The molecular weight excluding hydrogens is 306 g/mol. The molecule has 0 amide bonds. The summed E-state index contributed by atoms with van der Waals surface area (Å²) in [6.45, 7) is 0. The normalized spacial score (nSPS) is 13.4. The molecular formula is C16H14ClNO2S. The van der Waals surface area contributed by atoms with Gasteiger partial charge in [0.2, 0.25) is 0 Å². The number of ether oxygens (including phenoxy) is 2. The topological polar surface area (TPSA) is 30.8 Å². The quantitative estimate of drug-likeness (QED) is 0.847. The molecule has 1 aliphatic rings. The zero-order valence-electron chi connectivity index (χ0n) is 11.7. The molecule has 0 spiro atoms. The van der Waals surface area contributed by atoms with Gasteiger partial charge in [0.05, 0.1) is 25.8 Å². The third-order valence-corrected chi connectivity index (χ3v) is 4.55. The van der Waals surface area contributed by atoms with E-state index in [2.05, 4.69) is 4.99 Å². The summed E-state index contributed by atoms with van der Waals surface area (Å²) in [4.78, 5) is 5.75. The van der Waals surface area contributed by atoms with Gasteiger partial charge in [0.25, 0.3) is 0 Å². The predicted molar refractivity (Wildman–Crippen MR) is 87.4 cm³/mol. The number of rotatable bonds is 3. The summed E-state index contributed by atoms with van der Waals surface area (Å²) in [6, 6.07) is 11.7. The van der Waals surface area contributed by atoms with Crippen molar-refractivity contribution in [2.24, 2.45) is 4.99 Å². The van der Waals surface area contributed by atoms with Gasteiger partial charge in [-0.2, -0.15) is 0 Å². The summed E-state index contributed by atoms with van der Waals surface area (Å²) < 4.78 is 10.8. The zero-order chi connectivity index (χ0) is 14.8. The first-order valence-corrected chi connectivity index (χ1v) is 7.79. The lowest BCUT2D eigenvalue weighted by Gasteiger charge is -2.20. The van der Waals surface area contributed by atoms with Crippen LogP contribution in [0.15, 0.2) is 46.3 Å². The van der Waals surface area contributed by atoms with Gasteiger partial charge in [-0.15, -0.1) is 11.8 Å². The van der Waals surface area contributed by atoms with Gasteiger partial charge in [0, 0.05) is 21.0 Å². The molecule has 0 atom stereocenters. The molecule has 5 heteroatoms. The minimum absolute atomic E-state index is 0.670. The van der Waals surface area contributed by atoms with Crippen LogP contribution in [0.1, 0.15) is 11.1 Å². The molecule has 21 heavy (non-hydrogen) atoms. The second-order valence-corrected chi connectivity index (χ2v) is 5.86. The van der Waals surface area contributed by atoms with Crippen LogP contribution in [-0.2, 0) is 0 Å². The largest absolute Gasteiger partial charge is 0.493 e. The fourth-order valence-electron chi connectivity index (χ4n) is 2.30. The van der Waals surface area contributed by atoms with Gasteiger partial charge in [0.1, 0.15) is 0 Å². The van der Waals surface area contributed by atoms with E-state index in [0.29, 0.717) is 16.6 Å². The van der Waals surface area contributed by atoms with Gasteiger partial charge >= 0.3 is 0 Å². The smallest absolute Gasteiger partial charge is 0.161 e. The number of halogens is 1. The van der Waals surface area contributed by atoms with Crippen molar-refractivity contribution in [1.82, 2.24) is 0 Å². The standard InChI is InChI=1S/C16H14ClNO2S/c1-19-13-7-11-15(8-14(13)20-2)21-9-18-16(11)10-5-3-4-6-12(10)17/h3-8H,9H2,1-2H3. The Morgan fingerprint density at radius 1 is 1.05 bits per heavy atom. The van der Waals surface area contributed by atoms with Gasteiger partial charge in [-0.05, 0) is 18.2 Å². The molecule has 0 aliphatic carbocycles. The first-order valence-electron chi connectivity index (χ1n) is 6.43. The van der Waals surface area contributed by atoms with E-state index in [-0.39, 0.29) is 0 Å². The van der Waals surface area contributed by atoms with Crippen LogP contribution >= 0.6 is 23.4 Å². The third kappa shape index (κ3) is 2.61. The van der Waals surface area contributed by atoms with E-state index >= 15 is 0 Å². The van der Waals surface area contributed by atoms with Crippen molar-refractivity contribution in [3.8, 4) is 11.5 Å². The molecule has 0 fully saturated rings. The van der Waals surface area contributed by atoms with Crippen LogP contribution in [0.25, 0.3) is 0 Å². The van der Waals surface area contributed by atoms with Crippen molar-refractivity contribution >= 4 is 29.1 Å². The molecule has 0 saturated heterocycles. The Balaban J connectivity index is 2.16. The third-order valence-electron chi connectivity index (χ3n) is 3.31. The first kappa shape index (κ1) is 14.3. The highest BCUT2D eigenvalue weighted by Crippen LogP contribution is 2.39. The first-order chi connectivity index (χ1) is 10.2. The molecule has 0 bridgehead atoms. The second-order valence-electron chi connectivity index (χ2n) is 4.46. The number of aliphatic imine (C=N–C) groups is 1. The minimum atomic E-state index is 0.670. The van der Waals surface area contributed by atoms with E-state index in [9.17, 15) is 0 Å². The molecule has 108 valence electrons. The fourth-order valence-corrected chi connectivity index (χ4v) is 3.36. The lowest BCUT2D eigenvalue weighted by atomic mass is 10.0. The molecule has 2 aromatic rings. The van der Waals surface area contributed by atoms with E-state index in [1.807, 2.05) is 36.4 Å². The summed E-state index contributed by atoms with van der Waals surface area (Å²) in [5, 5.41) is 0.698. The van der Waals surface area contributed by atoms with Gasteiger partial charge in [0.15, 0.2) is 11.5 Å². The number of fused-ring (bicyclic) bond motifs is 1. The van der Waals surface area contributed by atoms with E-state index < -0.39 is 0 Å². The molecule has 0 unspecified atom stereocenters. The Morgan fingerprint density at radius 3 is 2.48 bits per heavy atom. The average molecular weight is 320 g/mol. The Hall–Kier alpha value is -1.65. The predicted octanol–water partition coefficient (Wildman–Crippen LogP) is 4.26. The van der Waals surface area contributed by atoms with Crippen LogP contribution in [0, 0.1) is 0 Å². The SMILES string of the molecule is COc1cc2c(cc1OC)C(c1ccccc1Cl)=NCS2. The number of hydrogen-bond donors (Lipinski definition) is 0. The maximum atomic E-state index is 6.31. The number of benzene rings is 2. The maximum absolute atomic E-state index is 6.31. The van der Waals surface area contributed by atoms with Gasteiger partial charge in [-0.25, -0.2) is 0 Å². The Kier molecular flexibility index (Phi) is 4.08. The van der Waals surface area contributed by atoms with Crippen LogP contribution in [0.2, 0.25) is 5.02 Å². The molecule has 0 radical (unpaired) electrons. The highest BCUT2D eigenvalue weighted by atomic mass is 35.5. The zero-order valence-corrected chi connectivity index (χ0v) is 13.3. The Morgan fingerprint density at radius 2 is 1.76 bits per heavy atom. The Labute approximate surface area is 132 Å². The maximum Gasteiger partial charge on any atom is 0.161 e. The number of hydrogen-bond acceptors (Lipinski definition) is 4. The van der Waals surface area contributed by atoms with Crippen LogP contribution in [-0.4, -0.2) is 25.8 Å². The van der Waals surface area contributed by atoms with Crippen molar-refractivity contribution in [2.75, 3.05) is 20.1 Å². The highest BCUT2D eigenvalue weighted by Gasteiger charge is 2.21. The van der Waals surface area contributed by atoms with Gasteiger partial charge < -0.3 is 9.47 Å². The molecule has 0 saturated carbocycles. The van der Waals surface area contributed by atoms with Crippen molar-refractivity contribution < 1.29 is 9.47 Å². The molecule has 0 N–H and O–H groups in total.